The summed E-state index contributed by atoms with van der Waals surface area (Å²) in [5.74, 6) is 1.49. The highest BCUT2D eigenvalue weighted by molar-refractivity contribution is 6.31. The molecule has 3 fully saturated rings. The number of carbonyl (C=O) groups is 3. The van der Waals surface area contributed by atoms with Gasteiger partial charge in [0.15, 0.2) is 0 Å². The molecule has 3 saturated heterocycles. The van der Waals surface area contributed by atoms with E-state index in [1.54, 1.807) is 6.92 Å². The Morgan fingerprint density at radius 1 is 0.978 bits per heavy atom. The van der Waals surface area contributed by atoms with E-state index in [4.69, 9.17) is 16.6 Å². The van der Waals surface area contributed by atoms with E-state index in [-0.39, 0.29) is 23.6 Å². The first kappa shape index (κ1) is 33.0. The fraction of sp³-hybridized carbons (Fsp3) is 0.667. The first-order valence-electron chi connectivity index (χ1n) is 17.6. The second-order valence-electron chi connectivity index (χ2n) is 14.0. The van der Waals surface area contributed by atoms with Crippen LogP contribution >= 0.6 is 11.6 Å². The van der Waals surface area contributed by atoms with Gasteiger partial charge in [-0.3, -0.25) is 19.3 Å². The van der Waals surface area contributed by atoms with Crippen molar-refractivity contribution in [2.75, 3.05) is 37.6 Å². The summed E-state index contributed by atoms with van der Waals surface area (Å²) in [6, 6.07) is 7.49. The van der Waals surface area contributed by atoms with Crippen LogP contribution in [0.5, 0.6) is 0 Å². The van der Waals surface area contributed by atoms with Crippen LogP contribution in [0.15, 0.2) is 18.2 Å². The molecular weight excluding hydrogens is 600 g/mol. The van der Waals surface area contributed by atoms with Gasteiger partial charge in [0.05, 0.1) is 12.2 Å². The van der Waals surface area contributed by atoms with Crippen LogP contribution in [-0.2, 0) is 27.3 Å². The van der Waals surface area contributed by atoms with E-state index >= 15 is 0 Å². The van der Waals surface area contributed by atoms with Gasteiger partial charge in [-0.1, -0.05) is 24.6 Å². The van der Waals surface area contributed by atoms with Crippen LogP contribution in [-0.4, -0.2) is 86.8 Å². The molecule has 0 radical (unpaired) electrons. The number of aryl methyl sites for hydroxylation is 2. The van der Waals surface area contributed by atoms with Gasteiger partial charge >= 0.3 is 0 Å². The molecule has 1 unspecified atom stereocenters. The number of nitrogens with zero attached hydrogens (tertiary/aromatic N) is 6. The predicted molar refractivity (Wildman–Crippen MR) is 181 cm³/mol. The third-order valence-electron chi connectivity index (χ3n) is 11.1. The first-order chi connectivity index (χ1) is 22.1. The van der Waals surface area contributed by atoms with Crippen LogP contribution in [0.3, 0.4) is 0 Å². The summed E-state index contributed by atoms with van der Waals surface area (Å²) >= 11 is 6.54. The van der Waals surface area contributed by atoms with Gasteiger partial charge in [0, 0.05) is 92.9 Å². The van der Waals surface area contributed by atoms with Crippen molar-refractivity contribution < 1.29 is 14.4 Å². The first-order valence-corrected chi connectivity index (χ1v) is 18.0. The smallest absolute Gasteiger partial charge is 0.230 e. The number of imidazole rings is 1. The summed E-state index contributed by atoms with van der Waals surface area (Å²) in [5, 5.41) is 0.680. The van der Waals surface area contributed by atoms with Gasteiger partial charge in [0.25, 0.3) is 0 Å². The molecule has 0 aliphatic carbocycles. The Bertz CT molecular complexity index is 1440. The zero-order chi connectivity index (χ0) is 32.5. The van der Waals surface area contributed by atoms with E-state index in [1.807, 2.05) is 39.8 Å². The number of fused-ring (bicyclic) bond motifs is 3. The second-order valence-corrected chi connectivity index (χ2v) is 14.5. The average Bonchev–Trinajstić information content (AvgIpc) is 3.49. The van der Waals surface area contributed by atoms with E-state index in [2.05, 4.69) is 23.3 Å². The highest BCUT2D eigenvalue weighted by Crippen LogP contribution is 2.42. The Hall–Kier alpha value is -2.91. The lowest BCUT2D eigenvalue weighted by Crippen LogP contribution is -2.46. The molecule has 0 spiro atoms. The molecule has 2 bridgehead atoms. The standard InChI is InChI=1S/C36H51ClN6O3/c1-5-7-35(45)40-19-14-34-33(23-40)38-25(3)43(34)31-20-28-10-11-29(21-31)41(28)15-6-16-42(30-9-8-24(2)32(37)22-30)36(46)27-12-17-39(18-13-27)26(4)44/h8-9,22,27-29,31H,5-7,10-21,23H2,1-4H3/t28-,29+,31?. The maximum Gasteiger partial charge on any atom is 0.230 e. The van der Waals surface area contributed by atoms with Gasteiger partial charge in [-0.05, 0) is 82.9 Å². The molecule has 5 heterocycles. The molecule has 0 saturated carbocycles. The zero-order valence-corrected chi connectivity index (χ0v) is 28.9. The summed E-state index contributed by atoms with van der Waals surface area (Å²) < 4.78 is 2.53. The molecule has 3 atom stereocenters. The normalized spacial score (nSPS) is 23.5. The van der Waals surface area contributed by atoms with Crippen molar-refractivity contribution in [2.24, 2.45) is 5.92 Å². The number of anilines is 1. The third-order valence-corrected chi connectivity index (χ3v) is 11.5. The minimum atomic E-state index is -0.0798. The Labute approximate surface area is 279 Å². The molecule has 46 heavy (non-hydrogen) atoms. The highest BCUT2D eigenvalue weighted by Gasteiger charge is 2.42. The number of hydrogen-bond donors (Lipinski definition) is 0. The lowest BCUT2D eigenvalue weighted by Gasteiger charge is -2.41. The molecule has 250 valence electrons. The van der Waals surface area contributed by atoms with Crippen molar-refractivity contribution in [1.82, 2.24) is 24.3 Å². The van der Waals surface area contributed by atoms with Gasteiger partial charge in [-0.2, -0.15) is 0 Å². The maximum atomic E-state index is 13.9. The van der Waals surface area contributed by atoms with Gasteiger partial charge in [-0.15, -0.1) is 0 Å². The number of piperidine rings is 2. The highest BCUT2D eigenvalue weighted by atomic mass is 35.5. The van der Waals surface area contributed by atoms with Crippen molar-refractivity contribution in [3.63, 3.8) is 0 Å². The lowest BCUT2D eigenvalue weighted by molar-refractivity contribution is -0.133. The van der Waals surface area contributed by atoms with E-state index in [9.17, 15) is 14.4 Å². The molecule has 0 N–H and O–H groups in total. The Balaban J connectivity index is 1.10. The molecule has 9 nitrogen and oxygen atoms in total. The number of aromatic nitrogens is 2. The van der Waals surface area contributed by atoms with Crippen LogP contribution in [0, 0.1) is 19.8 Å². The Morgan fingerprint density at radius 3 is 2.35 bits per heavy atom. The number of benzene rings is 1. The van der Waals surface area contributed by atoms with E-state index in [0.717, 1.165) is 68.0 Å². The van der Waals surface area contributed by atoms with E-state index in [1.165, 1.54) is 18.5 Å². The number of halogens is 1. The fourth-order valence-electron chi connectivity index (χ4n) is 8.62. The summed E-state index contributed by atoms with van der Waals surface area (Å²) in [4.78, 5) is 51.9. The summed E-state index contributed by atoms with van der Waals surface area (Å²) in [6.45, 7) is 12.1. The molecule has 6 rings (SSSR count). The molecule has 1 aromatic carbocycles. The van der Waals surface area contributed by atoms with Gasteiger partial charge < -0.3 is 19.3 Å². The molecule has 4 aliphatic heterocycles. The Kier molecular flexibility index (Phi) is 10.1. The molecular formula is C36H51ClN6O3. The number of hydrogen-bond acceptors (Lipinski definition) is 5. The van der Waals surface area contributed by atoms with E-state index < -0.39 is 0 Å². The van der Waals surface area contributed by atoms with Crippen LogP contribution in [0.1, 0.15) is 100 Å². The second kappa shape index (κ2) is 14.1. The zero-order valence-electron chi connectivity index (χ0n) is 28.1. The molecule has 10 heteroatoms. The minimum Gasteiger partial charge on any atom is -0.343 e. The van der Waals surface area contributed by atoms with Crippen LogP contribution in [0.25, 0.3) is 0 Å². The molecule has 3 amide bonds. The molecule has 4 aliphatic rings. The van der Waals surface area contributed by atoms with Gasteiger partial charge in [-0.25, -0.2) is 4.98 Å². The van der Waals surface area contributed by atoms with Crippen LogP contribution in [0.4, 0.5) is 5.69 Å². The minimum absolute atomic E-state index is 0.0798. The SMILES string of the molecule is CCCC(=O)N1CCc2c(nc(C)n2C2C[C@H]3CC[C@@H](C2)N3CCCN(C(=O)C2CCN(C(C)=O)CC2)c2ccc(C)c(Cl)c2)C1. The third kappa shape index (κ3) is 6.73. The van der Waals surface area contributed by atoms with Gasteiger partial charge in [0.2, 0.25) is 17.7 Å². The topological polar surface area (TPSA) is 82.0 Å². The van der Waals surface area contributed by atoms with Crippen molar-refractivity contribution in [3.05, 3.63) is 46.0 Å². The largest absolute Gasteiger partial charge is 0.343 e. The monoisotopic (exact) mass is 650 g/mol. The number of likely N-dealkylation sites (tertiary alicyclic amines) is 1. The van der Waals surface area contributed by atoms with Crippen LogP contribution < -0.4 is 4.90 Å². The maximum absolute atomic E-state index is 13.9. The number of rotatable bonds is 9. The quantitative estimate of drug-likeness (QED) is 0.349. The van der Waals surface area contributed by atoms with Crippen LogP contribution in [0.2, 0.25) is 5.02 Å². The van der Waals surface area contributed by atoms with Crippen molar-refractivity contribution >= 4 is 35.0 Å². The molecule has 2 aromatic rings. The lowest BCUT2D eigenvalue weighted by atomic mass is 9.94. The fourth-order valence-corrected chi connectivity index (χ4v) is 8.80. The van der Waals surface area contributed by atoms with Crippen molar-refractivity contribution in [1.29, 1.82) is 0 Å². The Morgan fingerprint density at radius 2 is 1.70 bits per heavy atom. The summed E-state index contributed by atoms with van der Waals surface area (Å²) in [7, 11) is 0. The average molecular weight is 651 g/mol. The summed E-state index contributed by atoms with van der Waals surface area (Å²) in [5.41, 5.74) is 4.31. The number of amides is 3. The van der Waals surface area contributed by atoms with Crippen molar-refractivity contribution in [3.8, 4) is 0 Å². The molecule has 1 aromatic heterocycles. The predicted octanol–water partition coefficient (Wildman–Crippen LogP) is 5.69. The van der Waals surface area contributed by atoms with Crippen molar-refractivity contribution in [2.45, 2.75) is 117 Å². The summed E-state index contributed by atoms with van der Waals surface area (Å²) in [6.07, 6.45) is 9.41. The van der Waals surface area contributed by atoms with Gasteiger partial charge in [0.1, 0.15) is 5.82 Å². The van der Waals surface area contributed by atoms with E-state index in [0.29, 0.717) is 68.6 Å². The number of carbonyl (C=O) groups excluding carboxylic acids is 3.